The summed E-state index contributed by atoms with van der Waals surface area (Å²) in [5.41, 5.74) is 10.9. The molecule has 0 fully saturated rings. The van der Waals surface area contributed by atoms with Crippen LogP contribution in [0, 0.1) is 41.5 Å². The van der Waals surface area contributed by atoms with Crippen LogP contribution in [0.15, 0.2) is 77.2 Å². The lowest BCUT2D eigenvalue weighted by Crippen LogP contribution is -3.07. The Hall–Kier alpha value is -3.24. The largest absolute Gasteiger partial charge is 0.293 e. The van der Waals surface area contributed by atoms with E-state index in [1.165, 1.54) is 49.7 Å². The number of hydrogen-bond acceptors (Lipinski definition) is 3. The summed E-state index contributed by atoms with van der Waals surface area (Å²) in [6, 6.07) is 18.9. The van der Waals surface area contributed by atoms with E-state index < -0.39 is 0 Å². The third kappa shape index (κ3) is 4.17. The maximum atomic E-state index is 4.87. The first kappa shape index (κ1) is 21.0. The standard InChI is InChI=1S/C27H30N4/c1-18-14-20(3)25(21(4)15-18)30-12-13-31(26-22(5)16-19(2)17-23(26)6)27(30)29-28-24-10-8-7-9-11-24/h7-17,27H,1-6H3/p+1. The number of rotatable bonds is 4. The van der Waals surface area contributed by atoms with Crippen LogP contribution in [-0.4, -0.2) is 6.29 Å². The number of hydrogen-bond donors (Lipinski definition) is 1. The number of nitrogens with one attached hydrogen (secondary N) is 1. The highest BCUT2D eigenvalue weighted by molar-refractivity contribution is 5.63. The van der Waals surface area contributed by atoms with Gasteiger partial charge in [-0.05, 0) is 64.8 Å². The molecular formula is C27H31N4+. The van der Waals surface area contributed by atoms with Gasteiger partial charge in [-0.15, -0.1) is 10.2 Å². The molecule has 2 unspecified atom stereocenters. The summed E-state index contributed by atoms with van der Waals surface area (Å²) in [5.74, 6) is 0. The van der Waals surface area contributed by atoms with E-state index in [0.29, 0.717) is 0 Å². The van der Waals surface area contributed by atoms with Crippen molar-refractivity contribution in [2.75, 3.05) is 4.90 Å². The van der Waals surface area contributed by atoms with Crippen molar-refractivity contribution < 1.29 is 4.90 Å². The van der Waals surface area contributed by atoms with Gasteiger partial charge in [0.25, 0.3) is 6.29 Å². The fourth-order valence-corrected chi connectivity index (χ4v) is 4.84. The summed E-state index contributed by atoms with van der Waals surface area (Å²) >= 11 is 0. The van der Waals surface area contributed by atoms with Crippen LogP contribution in [-0.2, 0) is 0 Å². The van der Waals surface area contributed by atoms with Crippen LogP contribution in [0.2, 0.25) is 0 Å². The van der Waals surface area contributed by atoms with Crippen molar-refractivity contribution in [3.63, 3.8) is 0 Å². The lowest BCUT2D eigenvalue weighted by molar-refractivity contribution is -0.798. The summed E-state index contributed by atoms with van der Waals surface area (Å²) in [4.78, 5) is 3.46. The SMILES string of the molecule is Cc1cc(C)c(N2C=C[NH+](c3c(C)cc(C)cc3C)C2N=Nc2ccccc2)c(C)c1. The zero-order valence-corrected chi connectivity index (χ0v) is 19.3. The van der Waals surface area contributed by atoms with Crippen molar-refractivity contribution >= 4 is 17.1 Å². The number of aryl methyl sites for hydroxylation is 6. The Bertz CT molecular complexity index is 1050. The number of azo groups is 1. The Morgan fingerprint density at radius 1 is 0.742 bits per heavy atom. The Morgan fingerprint density at radius 2 is 1.29 bits per heavy atom. The third-order valence-electron chi connectivity index (χ3n) is 5.85. The van der Waals surface area contributed by atoms with E-state index in [2.05, 4.69) is 88.2 Å². The van der Waals surface area contributed by atoms with Gasteiger partial charge in [-0.1, -0.05) is 53.6 Å². The molecule has 3 aromatic carbocycles. The van der Waals surface area contributed by atoms with Gasteiger partial charge >= 0.3 is 0 Å². The van der Waals surface area contributed by atoms with E-state index in [-0.39, 0.29) is 6.29 Å². The molecule has 0 saturated carbocycles. The number of quaternary nitrogens is 1. The van der Waals surface area contributed by atoms with E-state index in [0.717, 1.165) is 5.69 Å². The second kappa shape index (κ2) is 8.48. The van der Waals surface area contributed by atoms with Gasteiger partial charge in [0, 0.05) is 11.1 Å². The zero-order chi connectivity index (χ0) is 22.1. The van der Waals surface area contributed by atoms with Crippen LogP contribution in [0.3, 0.4) is 0 Å². The average Bonchev–Trinajstić information content (AvgIpc) is 3.08. The maximum Gasteiger partial charge on any atom is 0.293 e. The molecule has 0 aromatic heterocycles. The summed E-state index contributed by atoms with van der Waals surface area (Å²) in [7, 11) is 0. The van der Waals surface area contributed by atoms with Crippen LogP contribution < -0.4 is 9.80 Å². The summed E-state index contributed by atoms with van der Waals surface area (Å²) in [6.45, 7) is 13.0. The zero-order valence-electron chi connectivity index (χ0n) is 19.3. The molecule has 0 aliphatic carbocycles. The highest BCUT2D eigenvalue weighted by atomic mass is 15.5. The predicted octanol–water partition coefficient (Wildman–Crippen LogP) is 6.11. The molecule has 4 nitrogen and oxygen atoms in total. The molecule has 0 radical (unpaired) electrons. The van der Waals surface area contributed by atoms with Gasteiger partial charge in [0.05, 0.1) is 17.6 Å². The average molecular weight is 412 g/mol. The minimum Gasteiger partial charge on any atom is -0.271 e. The van der Waals surface area contributed by atoms with Crippen LogP contribution in [0.1, 0.15) is 33.4 Å². The van der Waals surface area contributed by atoms with Gasteiger partial charge < -0.3 is 0 Å². The first-order chi connectivity index (χ1) is 14.8. The lowest BCUT2D eigenvalue weighted by Gasteiger charge is -2.28. The van der Waals surface area contributed by atoms with E-state index in [4.69, 9.17) is 5.11 Å². The maximum absolute atomic E-state index is 4.87. The Balaban J connectivity index is 1.82. The molecule has 0 bridgehead atoms. The molecule has 1 N–H and O–H groups in total. The minimum atomic E-state index is -0.208. The molecule has 0 spiro atoms. The normalized spacial score (nSPS) is 18.3. The first-order valence-corrected chi connectivity index (χ1v) is 10.8. The highest BCUT2D eigenvalue weighted by Crippen LogP contribution is 2.30. The van der Waals surface area contributed by atoms with E-state index >= 15 is 0 Å². The Kier molecular flexibility index (Phi) is 5.75. The van der Waals surface area contributed by atoms with Crippen molar-refractivity contribution in [1.82, 2.24) is 0 Å². The van der Waals surface area contributed by atoms with Gasteiger partial charge in [-0.2, -0.15) is 0 Å². The topological polar surface area (TPSA) is 32.4 Å². The van der Waals surface area contributed by atoms with Gasteiger partial charge in [-0.3, -0.25) is 4.90 Å². The van der Waals surface area contributed by atoms with E-state index in [1.54, 1.807) is 0 Å². The molecule has 158 valence electrons. The van der Waals surface area contributed by atoms with E-state index in [1.807, 2.05) is 30.3 Å². The molecule has 1 aliphatic rings. The van der Waals surface area contributed by atoms with Crippen LogP contribution in [0.5, 0.6) is 0 Å². The Labute approximate surface area is 185 Å². The van der Waals surface area contributed by atoms with Crippen molar-refractivity contribution in [3.8, 4) is 0 Å². The molecule has 3 aromatic rings. The fraction of sp³-hybridized carbons (Fsp3) is 0.259. The molecule has 2 atom stereocenters. The van der Waals surface area contributed by atoms with Gasteiger partial charge in [0.2, 0.25) is 0 Å². The number of anilines is 1. The van der Waals surface area contributed by atoms with Gasteiger partial charge in [0.1, 0.15) is 11.9 Å². The third-order valence-corrected chi connectivity index (χ3v) is 5.85. The van der Waals surface area contributed by atoms with E-state index in [9.17, 15) is 0 Å². The van der Waals surface area contributed by atoms with Crippen LogP contribution in [0.4, 0.5) is 17.1 Å². The highest BCUT2D eigenvalue weighted by Gasteiger charge is 2.37. The monoisotopic (exact) mass is 411 g/mol. The molecular weight excluding hydrogens is 380 g/mol. The molecule has 0 saturated heterocycles. The second-order valence-electron chi connectivity index (χ2n) is 8.62. The fourth-order valence-electron chi connectivity index (χ4n) is 4.84. The minimum absolute atomic E-state index is 0.208. The summed E-state index contributed by atoms with van der Waals surface area (Å²) in [5, 5.41) is 9.49. The van der Waals surface area contributed by atoms with Crippen molar-refractivity contribution in [2.24, 2.45) is 10.2 Å². The van der Waals surface area contributed by atoms with Crippen LogP contribution in [0.25, 0.3) is 0 Å². The van der Waals surface area contributed by atoms with Crippen molar-refractivity contribution in [2.45, 2.75) is 47.8 Å². The summed E-state index contributed by atoms with van der Waals surface area (Å²) in [6.07, 6.45) is 4.16. The predicted molar refractivity (Wildman–Crippen MR) is 128 cm³/mol. The molecule has 4 rings (SSSR count). The molecule has 0 amide bonds. The molecule has 1 heterocycles. The smallest absolute Gasteiger partial charge is 0.271 e. The lowest BCUT2D eigenvalue weighted by atomic mass is 10.0. The Morgan fingerprint density at radius 3 is 1.87 bits per heavy atom. The quantitative estimate of drug-likeness (QED) is 0.516. The molecule has 4 heteroatoms. The second-order valence-corrected chi connectivity index (χ2v) is 8.62. The molecule has 1 aliphatic heterocycles. The van der Waals surface area contributed by atoms with Gasteiger partial charge in [-0.25, -0.2) is 4.90 Å². The van der Waals surface area contributed by atoms with Gasteiger partial charge in [0.15, 0.2) is 0 Å². The van der Waals surface area contributed by atoms with Crippen LogP contribution >= 0.6 is 0 Å². The number of benzene rings is 3. The molecule has 31 heavy (non-hydrogen) atoms. The van der Waals surface area contributed by atoms with Crippen molar-refractivity contribution in [3.05, 3.63) is 100 Å². The first-order valence-electron chi connectivity index (χ1n) is 10.8. The van der Waals surface area contributed by atoms with Crippen molar-refractivity contribution in [1.29, 1.82) is 0 Å². The number of nitrogens with zero attached hydrogens (tertiary/aromatic N) is 3. The summed E-state index contributed by atoms with van der Waals surface area (Å²) < 4.78 is 0.